The quantitative estimate of drug-likeness (QED) is 0.567. The average molecular weight is 414 g/mol. The zero-order valence-electron chi connectivity index (χ0n) is 16.6. The molecule has 0 bridgehead atoms. The maximum Gasteiger partial charge on any atom is 0.339 e. The van der Waals surface area contributed by atoms with E-state index in [0.717, 1.165) is 11.4 Å². The molecular formula is C20H23N5O3S. The number of amides is 1. The van der Waals surface area contributed by atoms with E-state index in [4.69, 9.17) is 4.74 Å². The van der Waals surface area contributed by atoms with Crippen LogP contribution in [0, 0.1) is 6.92 Å². The first-order chi connectivity index (χ1) is 14.0. The lowest BCUT2D eigenvalue weighted by molar-refractivity contribution is 0.0524. The number of fused-ring (bicyclic) bond motifs is 1. The van der Waals surface area contributed by atoms with Crippen molar-refractivity contribution in [2.24, 2.45) is 0 Å². The minimum Gasteiger partial charge on any atom is -0.462 e. The van der Waals surface area contributed by atoms with Crippen molar-refractivity contribution in [2.45, 2.75) is 26.3 Å². The number of hydrogen-bond acceptors (Lipinski definition) is 7. The van der Waals surface area contributed by atoms with Gasteiger partial charge in [-0.15, -0.1) is 10.2 Å². The van der Waals surface area contributed by atoms with E-state index in [0.29, 0.717) is 23.5 Å². The molecule has 3 aromatic heterocycles. The van der Waals surface area contributed by atoms with Crippen molar-refractivity contribution >= 4 is 29.3 Å². The van der Waals surface area contributed by atoms with E-state index in [-0.39, 0.29) is 24.2 Å². The zero-order chi connectivity index (χ0) is 20.8. The summed E-state index contributed by atoms with van der Waals surface area (Å²) in [5.41, 5.74) is 1.76. The molecule has 3 aromatic rings. The Morgan fingerprint density at radius 2 is 2.07 bits per heavy atom. The summed E-state index contributed by atoms with van der Waals surface area (Å²) in [7, 11) is 0. The fraction of sp³-hybridized carbons (Fsp3) is 0.350. The van der Waals surface area contributed by atoms with Gasteiger partial charge in [0, 0.05) is 6.20 Å². The van der Waals surface area contributed by atoms with E-state index in [1.54, 1.807) is 31.7 Å². The van der Waals surface area contributed by atoms with Crippen molar-refractivity contribution in [3.8, 4) is 0 Å². The number of carbonyl (C=O) groups excluding carboxylic acids is 2. The molecule has 3 rings (SSSR count). The van der Waals surface area contributed by atoms with Gasteiger partial charge in [0.25, 0.3) is 5.91 Å². The molecule has 0 radical (unpaired) electrons. The number of nitrogens with zero attached hydrogens (tertiary/aromatic N) is 4. The van der Waals surface area contributed by atoms with Crippen LogP contribution >= 0.6 is 11.8 Å². The summed E-state index contributed by atoms with van der Waals surface area (Å²) in [4.78, 5) is 29.1. The van der Waals surface area contributed by atoms with Crippen molar-refractivity contribution in [3.63, 3.8) is 0 Å². The smallest absolute Gasteiger partial charge is 0.339 e. The first-order valence-electron chi connectivity index (χ1n) is 9.29. The predicted octanol–water partition coefficient (Wildman–Crippen LogP) is 2.83. The number of pyridine rings is 2. The summed E-state index contributed by atoms with van der Waals surface area (Å²) in [5.74, 6) is 0.739. The number of aromatic nitrogens is 4. The summed E-state index contributed by atoms with van der Waals surface area (Å²) in [6.45, 7) is 3.70. The third-order valence-corrected chi connectivity index (χ3v) is 5.03. The normalized spacial score (nSPS) is 12.0. The van der Waals surface area contributed by atoms with E-state index in [1.165, 1.54) is 6.07 Å². The number of nitrogens with one attached hydrogen (secondary N) is 1. The average Bonchev–Trinajstić information content (AvgIpc) is 3.15. The summed E-state index contributed by atoms with van der Waals surface area (Å²) in [6.07, 6.45) is 4.59. The monoisotopic (exact) mass is 413 g/mol. The van der Waals surface area contributed by atoms with Crippen molar-refractivity contribution in [3.05, 3.63) is 59.3 Å². The van der Waals surface area contributed by atoms with Gasteiger partial charge < -0.3 is 10.1 Å². The molecule has 8 nitrogen and oxygen atoms in total. The lowest BCUT2D eigenvalue weighted by atomic mass is 10.1. The molecule has 0 spiro atoms. The number of thioether (sulfide) groups is 1. The molecule has 0 aliphatic rings. The van der Waals surface area contributed by atoms with E-state index in [9.17, 15) is 9.59 Å². The van der Waals surface area contributed by atoms with Crippen molar-refractivity contribution in [2.75, 3.05) is 18.6 Å². The second-order valence-electron chi connectivity index (χ2n) is 6.34. The predicted molar refractivity (Wildman–Crippen MR) is 111 cm³/mol. The van der Waals surface area contributed by atoms with Gasteiger partial charge in [0.15, 0.2) is 11.5 Å². The molecule has 0 aliphatic carbocycles. The van der Waals surface area contributed by atoms with Crippen molar-refractivity contribution < 1.29 is 14.3 Å². The minimum absolute atomic E-state index is 0.235. The molecule has 1 atom stereocenters. The van der Waals surface area contributed by atoms with Crippen LogP contribution in [-0.4, -0.2) is 50.1 Å². The van der Waals surface area contributed by atoms with Gasteiger partial charge >= 0.3 is 5.97 Å². The van der Waals surface area contributed by atoms with Crippen LogP contribution in [0.1, 0.15) is 51.8 Å². The molecule has 0 saturated heterocycles. The van der Waals surface area contributed by atoms with E-state index >= 15 is 0 Å². The first-order valence-corrected chi connectivity index (χ1v) is 10.7. The lowest BCUT2D eigenvalue weighted by Crippen LogP contribution is -2.31. The second-order valence-corrected chi connectivity index (χ2v) is 7.33. The maximum absolute atomic E-state index is 12.9. The molecule has 0 fully saturated rings. The Labute approximate surface area is 173 Å². The van der Waals surface area contributed by atoms with Crippen LogP contribution in [0.4, 0.5) is 0 Å². The van der Waals surface area contributed by atoms with Gasteiger partial charge in [-0.05, 0) is 56.5 Å². The standard InChI is InChI=1S/C20H23N5O3S/c1-4-28-20(27)14-8-9-16(21-13(14)2)19(26)22-15(10-12-29-3)18-24-23-17-7-5-6-11-25(17)18/h5-9,11,15H,4,10,12H2,1-3H3,(H,22,26). The lowest BCUT2D eigenvalue weighted by Gasteiger charge is -2.17. The molecule has 3 heterocycles. The fourth-order valence-electron chi connectivity index (χ4n) is 2.94. The highest BCUT2D eigenvalue weighted by Crippen LogP contribution is 2.19. The number of carbonyl (C=O) groups is 2. The molecule has 1 unspecified atom stereocenters. The summed E-state index contributed by atoms with van der Waals surface area (Å²) >= 11 is 1.69. The molecule has 1 N–H and O–H groups in total. The van der Waals surface area contributed by atoms with Gasteiger partial charge in [-0.2, -0.15) is 11.8 Å². The Morgan fingerprint density at radius 3 is 2.79 bits per heavy atom. The number of hydrogen-bond donors (Lipinski definition) is 1. The molecule has 0 aliphatic heterocycles. The molecule has 9 heteroatoms. The van der Waals surface area contributed by atoms with Gasteiger partial charge in [0.1, 0.15) is 5.69 Å². The fourth-order valence-corrected chi connectivity index (χ4v) is 3.41. The Morgan fingerprint density at radius 1 is 1.24 bits per heavy atom. The molecule has 1 amide bonds. The van der Waals surface area contributed by atoms with Gasteiger partial charge in [-0.3, -0.25) is 9.20 Å². The molecule has 29 heavy (non-hydrogen) atoms. The number of ether oxygens (including phenoxy) is 1. The van der Waals surface area contributed by atoms with Crippen LogP contribution in [0.25, 0.3) is 5.65 Å². The van der Waals surface area contributed by atoms with E-state index in [1.807, 2.05) is 35.1 Å². The third-order valence-electron chi connectivity index (χ3n) is 4.38. The van der Waals surface area contributed by atoms with E-state index in [2.05, 4.69) is 20.5 Å². The van der Waals surface area contributed by atoms with Crippen LogP contribution in [0.3, 0.4) is 0 Å². The maximum atomic E-state index is 12.9. The van der Waals surface area contributed by atoms with E-state index < -0.39 is 5.97 Å². The Hall–Kier alpha value is -2.94. The number of aryl methyl sites for hydroxylation is 1. The molecular weight excluding hydrogens is 390 g/mol. The van der Waals surface area contributed by atoms with Crippen molar-refractivity contribution in [1.29, 1.82) is 0 Å². The first kappa shape index (κ1) is 20.8. The summed E-state index contributed by atoms with van der Waals surface area (Å²) in [5, 5.41) is 11.5. The SMILES string of the molecule is CCOC(=O)c1ccc(C(=O)NC(CCSC)c2nnc3ccccn23)nc1C. The van der Waals surface area contributed by atoms with Crippen LogP contribution in [0.5, 0.6) is 0 Å². The van der Waals surface area contributed by atoms with Gasteiger partial charge in [0.05, 0.1) is 23.9 Å². The zero-order valence-corrected chi connectivity index (χ0v) is 17.4. The van der Waals surface area contributed by atoms with Crippen molar-refractivity contribution in [1.82, 2.24) is 24.9 Å². The Balaban J connectivity index is 1.83. The van der Waals surface area contributed by atoms with Gasteiger partial charge in [0.2, 0.25) is 0 Å². The molecule has 0 saturated carbocycles. The highest BCUT2D eigenvalue weighted by atomic mass is 32.2. The largest absolute Gasteiger partial charge is 0.462 e. The van der Waals surface area contributed by atoms with Gasteiger partial charge in [-0.1, -0.05) is 6.07 Å². The highest BCUT2D eigenvalue weighted by molar-refractivity contribution is 7.98. The summed E-state index contributed by atoms with van der Waals surface area (Å²) in [6, 6.07) is 8.43. The second kappa shape index (κ2) is 9.51. The number of rotatable bonds is 8. The third kappa shape index (κ3) is 4.73. The van der Waals surface area contributed by atoms with Crippen LogP contribution in [0.2, 0.25) is 0 Å². The van der Waals surface area contributed by atoms with Crippen LogP contribution in [-0.2, 0) is 4.74 Å². The minimum atomic E-state index is -0.447. The van der Waals surface area contributed by atoms with Crippen LogP contribution in [0.15, 0.2) is 36.5 Å². The van der Waals surface area contributed by atoms with Crippen LogP contribution < -0.4 is 5.32 Å². The highest BCUT2D eigenvalue weighted by Gasteiger charge is 2.22. The van der Waals surface area contributed by atoms with Gasteiger partial charge in [-0.25, -0.2) is 9.78 Å². The Kier molecular flexibility index (Phi) is 6.82. The molecule has 0 aromatic carbocycles. The summed E-state index contributed by atoms with van der Waals surface area (Å²) < 4.78 is 6.88. The molecule has 152 valence electrons. The number of esters is 1. The Bertz CT molecular complexity index is 1020. The topological polar surface area (TPSA) is 98.5 Å².